The van der Waals surface area contributed by atoms with Crippen molar-refractivity contribution in [2.24, 2.45) is 9.98 Å². The summed E-state index contributed by atoms with van der Waals surface area (Å²) in [5, 5.41) is 1.35. The first-order valence-electron chi connectivity index (χ1n) is 9.46. The molecule has 0 aliphatic carbocycles. The van der Waals surface area contributed by atoms with Gasteiger partial charge < -0.3 is 19.9 Å². The van der Waals surface area contributed by atoms with Gasteiger partial charge in [0.1, 0.15) is 27.8 Å². The number of ether oxygens (including phenoxy) is 3. The third kappa shape index (κ3) is 2.66. The fourth-order valence-corrected chi connectivity index (χ4v) is 3.47. The van der Waals surface area contributed by atoms with E-state index in [2.05, 4.69) is 4.99 Å². The molecule has 0 radical (unpaired) electrons. The Hall–Kier alpha value is -4.32. The van der Waals surface area contributed by atoms with E-state index in [9.17, 15) is 0 Å². The molecule has 0 amide bonds. The van der Waals surface area contributed by atoms with E-state index in [1.807, 2.05) is 72.8 Å². The van der Waals surface area contributed by atoms with Gasteiger partial charge in [0, 0.05) is 12.1 Å². The van der Waals surface area contributed by atoms with Crippen LogP contribution in [0.3, 0.4) is 0 Å². The van der Waals surface area contributed by atoms with E-state index in [0.29, 0.717) is 56.6 Å². The number of nitrogen functional groups attached to an aromatic ring is 1. The quantitative estimate of drug-likeness (QED) is 0.411. The van der Waals surface area contributed by atoms with Crippen molar-refractivity contribution in [3.63, 3.8) is 0 Å². The van der Waals surface area contributed by atoms with E-state index in [0.717, 1.165) is 5.69 Å². The summed E-state index contributed by atoms with van der Waals surface area (Å²) in [5.74, 6) is 3.69. The number of hydrogen-bond donors (Lipinski definition) is 1. The number of anilines is 1. The van der Waals surface area contributed by atoms with Crippen LogP contribution in [0, 0.1) is 0 Å². The van der Waals surface area contributed by atoms with Crippen LogP contribution < -0.4 is 30.7 Å². The van der Waals surface area contributed by atoms with E-state index < -0.39 is 0 Å². The Bertz CT molecular complexity index is 1450. The fraction of sp³-hybridized carbons (Fsp3) is 0. The van der Waals surface area contributed by atoms with Gasteiger partial charge in [-0.1, -0.05) is 30.3 Å². The largest absolute Gasteiger partial charge is 0.453 e. The first kappa shape index (κ1) is 16.6. The Morgan fingerprint density at radius 3 is 2.17 bits per heavy atom. The van der Waals surface area contributed by atoms with Crippen LogP contribution in [0.2, 0.25) is 0 Å². The lowest BCUT2D eigenvalue weighted by Crippen LogP contribution is -2.18. The molecule has 144 valence electrons. The SMILES string of the molecule is Nc1ccccc1Oc1cccc2c1N=c1cc3c(cc1O2)=Nc1ccccc1O3. The van der Waals surface area contributed by atoms with E-state index in [1.54, 1.807) is 6.07 Å². The average Bonchev–Trinajstić information content (AvgIpc) is 2.77. The molecule has 2 heterocycles. The summed E-state index contributed by atoms with van der Waals surface area (Å²) in [6, 6.07) is 24.2. The van der Waals surface area contributed by atoms with Crippen molar-refractivity contribution in [1.29, 1.82) is 0 Å². The van der Waals surface area contributed by atoms with Crippen molar-refractivity contribution in [1.82, 2.24) is 0 Å². The fourth-order valence-electron chi connectivity index (χ4n) is 3.47. The molecule has 2 aliphatic heterocycles. The van der Waals surface area contributed by atoms with Crippen molar-refractivity contribution in [3.05, 3.63) is 89.6 Å². The zero-order chi connectivity index (χ0) is 20.1. The summed E-state index contributed by atoms with van der Waals surface area (Å²) in [6.07, 6.45) is 0. The van der Waals surface area contributed by atoms with Crippen LogP contribution in [0.15, 0.2) is 88.8 Å². The van der Waals surface area contributed by atoms with Gasteiger partial charge in [-0.25, -0.2) is 9.98 Å². The van der Waals surface area contributed by atoms with E-state index in [4.69, 9.17) is 24.9 Å². The molecule has 0 fully saturated rings. The number of hydrogen-bond acceptors (Lipinski definition) is 6. The minimum Gasteiger partial charge on any atom is -0.453 e. The van der Waals surface area contributed by atoms with Crippen molar-refractivity contribution in [2.45, 2.75) is 0 Å². The molecule has 0 spiro atoms. The molecule has 2 aliphatic rings. The zero-order valence-corrected chi connectivity index (χ0v) is 15.7. The van der Waals surface area contributed by atoms with E-state index in [-0.39, 0.29) is 0 Å². The summed E-state index contributed by atoms with van der Waals surface area (Å²) in [4.78, 5) is 9.46. The molecular formula is C24H15N3O3. The third-order valence-corrected chi connectivity index (χ3v) is 4.92. The molecule has 0 saturated carbocycles. The molecule has 2 N–H and O–H groups in total. The van der Waals surface area contributed by atoms with Crippen molar-refractivity contribution < 1.29 is 14.2 Å². The number of rotatable bonds is 2. The number of fused-ring (bicyclic) bond motifs is 4. The second-order valence-electron chi connectivity index (χ2n) is 6.93. The Balaban J connectivity index is 1.48. The summed E-state index contributed by atoms with van der Waals surface area (Å²) in [7, 11) is 0. The van der Waals surface area contributed by atoms with Crippen LogP contribution in [0.5, 0.6) is 34.5 Å². The second-order valence-corrected chi connectivity index (χ2v) is 6.93. The van der Waals surface area contributed by atoms with Crippen LogP contribution >= 0.6 is 0 Å². The molecule has 0 atom stereocenters. The van der Waals surface area contributed by atoms with Crippen LogP contribution in [0.1, 0.15) is 0 Å². The minimum absolute atomic E-state index is 0.551. The predicted molar refractivity (Wildman–Crippen MR) is 112 cm³/mol. The number of para-hydroxylation sites is 5. The van der Waals surface area contributed by atoms with E-state index >= 15 is 0 Å². The topological polar surface area (TPSA) is 78.4 Å². The zero-order valence-electron chi connectivity index (χ0n) is 15.7. The molecule has 0 aromatic heterocycles. The van der Waals surface area contributed by atoms with E-state index in [1.165, 1.54) is 0 Å². The molecule has 0 bridgehead atoms. The second kappa shape index (κ2) is 6.35. The van der Waals surface area contributed by atoms with Gasteiger partial charge in [0.25, 0.3) is 0 Å². The molecule has 6 nitrogen and oxygen atoms in total. The lowest BCUT2D eigenvalue weighted by Gasteiger charge is -2.19. The standard InChI is InChI=1S/C24H15N3O3/c25-14-6-1-3-8-18(14)28-20-10-5-11-21-24(20)27-17-13-22-16(12-23(17)30-21)26-15-7-2-4-9-19(15)29-22/h1-13H,25H2. The normalized spacial score (nSPS) is 12.5. The van der Waals surface area contributed by atoms with Crippen LogP contribution in [-0.2, 0) is 0 Å². The van der Waals surface area contributed by atoms with Gasteiger partial charge in [-0.15, -0.1) is 0 Å². The Morgan fingerprint density at radius 1 is 0.633 bits per heavy atom. The lowest BCUT2D eigenvalue weighted by atomic mass is 10.2. The van der Waals surface area contributed by atoms with Gasteiger partial charge >= 0.3 is 0 Å². The highest BCUT2D eigenvalue weighted by Crippen LogP contribution is 2.44. The van der Waals surface area contributed by atoms with Gasteiger partial charge in [0.05, 0.1) is 5.69 Å². The maximum atomic E-state index is 6.12. The number of nitrogens with zero attached hydrogens (tertiary/aromatic N) is 2. The van der Waals surface area contributed by atoms with Crippen LogP contribution in [-0.4, -0.2) is 0 Å². The summed E-state index contributed by atoms with van der Waals surface area (Å²) >= 11 is 0. The van der Waals surface area contributed by atoms with Crippen molar-refractivity contribution >= 4 is 17.1 Å². The van der Waals surface area contributed by atoms with Gasteiger partial charge in [-0.3, -0.25) is 0 Å². The average molecular weight is 393 g/mol. The predicted octanol–water partition coefficient (Wildman–Crippen LogP) is 5.18. The maximum Gasteiger partial charge on any atom is 0.157 e. The van der Waals surface area contributed by atoms with Crippen molar-refractivity contribution in [3.8, 4) is 34.5 Å². The number of benzene rings is 4. The Morgan fingerprint density at radius 2 is 1.30 bits per heavy atom. The maximum absolute atomic E-state index is 6.12. The first-order chi connectivity index (χ1) is 14.7. The summed E-state index contributed by atoms with van der Waals surface area (Å²) in [5.41, 5.74) is 7.96. The smallest absolute Gasteiger partial charge is 0.157 e. The van der Waals surface area contributed by atoms with Crippen LogP contribution in [0.4, 0.5) is 17.1 Å². The molecule has 0 unspecified atom stereocenters. The highest BCUT2D eigenvalue weighted by molar-refractivity contribution is 5.67. The first-order valence-corrected chi connectivity index (χ1v) is 9.46. The molecular weight excluding hydrogens is 378 g/mol. The highest BCUT2D eigenvalue weighted by atomic mass is 16.5. The third-order valence-electron chi connectivity index (χ3n) is 4.92. The Labute approximate surface area is 171 Å². The van der Waals surface area contributed by atoms with Gasteiger partial charge in [0.2, 0.25) is 0 Å². The van der Waals surface area contributed by atoms with Gasteiger partial charge in [0.15, 0.2) is 28.7 Å². The molecule has 4 aromatic rings. The molecule has 4 aromatic carbocycles. The number of nitrogens with two attached hydrogens (primary N) is 1. The summed E-state index contributed by atoms with van der Waals surface area (Å²) < 4.78 is 18.2. The monoisotopic (exact) mass is 393 g/mol. The molecule has 6 heteroatoms. The van der Waals surface area contributed by atoms with Gasteiger partial charge in [-0.05, 0) is 36.4 Å². The van der Waals surface area contributed by atoms with Gasteiger partial charge in [-0.2, -0.15) is 0 Å². The molecule has 0 saturated heterocycles. The summed E-state index contributed by atoms with van der Waals surface area (Å²) in [6.45, 7) is 0. The molecule has 30 heavy (non-hydrogen) atoms. The van der Waals surface area contributed by atoms with Crippen molar-refractivity contribution in [2.75, 3.05) is 5.73 Å². The Kier molecular flexibility index (Phi) is 3.52. The molecule has 6 rings (SSSR count). The van der Waals surface area contributed by atoms with Crippen LogP contribution in [0.25, 0.3) is 0 Å². The lowest BCUT2D eigenvalue weighted by molar-refractivity contribution is 0.442. The highest BCUT2D eigenvalue weighted by Gasteiger charge is 2.20. The minimum atomic E-state index is 0.551.